The number of hydrogen-bond donors (Lipinski definition) is 1. The molecule has 1 aliphatic rings. The molecule has 0 bridgehead atoms. The third-order valence-corrected chi connectivity index (χ3v) is 3.93. The van der Waals surface area contributed by atoms with E-state index in [0.717, 1.165) is 31.5 Å². The second-order valence-electron chi connectivity index (χ2n) is 5.78. The quantitative estimate of drug-likeness (QED) is 0.633. The van der Waals surface area contributed by atoms with E-state index in [2.05, 4.69) is 10.5 Å². The van der Waals surface area contributed by atoms with Gasteiger partial charge in [-0.1, -0.05) is 0 Å². The van der Waals surface area contributed by atoms with Gasteiger partial charge in [0, 0.05) is 13.1 Å². The van der Waals surface area contributed by atoms with Crippen molar-refractivity contribution in [2.24, 2.45) is 5.10 Å². The molecule has 0 aliphatic carbocycles. The maximum Gasteiger partial charge on any atom is 0.427 e. The highest BCUT2D eigenvalue weighted by molar-refractivity contribution is 5.99. The number of piperidine rings is 1. The monoisotopic (exact) mass is 347 g/mol. The largest absolute Gasteiger partial charge is 0.484 e. The smallest absolute Gasteiger partial charge is 0.427 e. The van der Waals surface area contributed by atoms with Crippen molar-refractivity contribution in [3.05, 3.63) is 29.8 Å². The second-order valence-corrected chi connectivity index (χ2v) is 5.78. The van der Waals surface area contributed by atoms with Crippen LogP contribution in [0.1, 0.15) is 38.7 Å². The molecule has 2 rings (SSSR count). The Kier molecular flexibility index (Phi) is 7.25. The van der Waals surface area contributed by atoms with Crippen LogP contribution in [0.2, 0.25) is 0 Å². The van der Waals surface area contributed by atoms with Crippen LogP contribution in [0.3, 0.4) is 0 Å². The first-order valence-corrected chi connectivity index (χ1v) is 8.58. The zero-order valence-electron chi connectivity index (χ0n) is 14.8. The lowest BCUT2D eigenvalue weighted by molar-refractivity contribution is -0.134. The van der Waals surface area contributed by atoms with E-state index in [1.54, 1.807) is 26.0 Å². The summed E-state index contributed by atoms with van der Waals surface area (Å²) in [6.45, 7) is 5.50. The van der Waals surface area contributed by atoms with Crippen molar-refractivity contribution in [1.29, 1.82) is 0 Å². The number of nitrogens with zero attached hydrogens (tertiary/aromatic N) is 2. The lowest BCUT2D eigenvalue weighted by atomic mass is 10.1. The normalized spacial score (nSPS) is 14.8. The van der Waals surface area contributed by atoms with E-state index < -0.39 is 6.09 Å². The summed E-state index contributed by atoms with van der Waals surface area (Å²) in [5, 5.41) is 3.97. The average Bonchev–Trinajstić information content (AvgIpc) is 2.65. The summed E-state index contributed by atoms with van der Waals surface area (Å²) >= 11 is 0. The van der Waals surface area contributed by atoms with Crippen LogP contribution in [0, 0.1) is 0 Å². The lowest BCUT2D eigenvalue weighted by Crippen LogP contribution is -2.38. The Morgan fingerprint density at radius 1 is 1.16 bits per heavy atom. The fraction of sp³-hybridized carbons (Fsp3) is 0.500. The molecule has 136 valence electrons. The zero-order chi connectivity index (χ0) is 18.1. The topological polar surface area (TPSA) is 80.2 Å². The van der Waals surface area contributed by atoms with Gasteiger partial charge in [-0.3, -0.25) is 4.79 Å². The highest BCUT2D eigenvalue weighted by Crippen LogP contribution is 2.14. The van der Waals surface area contributed by atoms with Gasteiger partial charge in [0.25, 0.3) is 5.91 Å². The average molecular weight is 347 g/mol. The van der Waals surface area contributed by atoms with Gasteiger partial charge < -0.3 is 14.4 Å². The molecule has 0 unspecified atom stereocenters. The van der Waals surface area contributed by atoms with Gasteiger partial charge in [-0.15, -0.1) is 0 Å². The Balaban J connectivity index is 1.83. The minimum atomic E-state index is -0.585. The third-order valence-electron chi connectivity index (χ3n) is 3.93. The molecular formula is C18H25N3O4. The van der Waals surface area contributed by atoms with E-state index in [4.69, 9.17) is 9.47 Å². The molecule has 1 N–H and O–H groups in total. The summed E-state index contributed by atoms with van der Waals surface area (Å²) in [4.78, 5) is 25.2. The molecule has 1 aromatic carbocycles. The van der Waals surface area contributed by atoms with Gasteiger partial charge in [-0.2, -0.15) is 5.10 Å². The number of likely N-dealkylation sites (tertiary alicyclic amines) is 1. The highest BCUT2D eigenvalue weighted by atomic mass is 16.5. The summed E-state index contributed by atoms with van der Waals surface area (Å²) < 4.78 is 10.3. The number of nitrogens with one attached hydrogen (secondary N) is 1. The van der Waals surface area contributed by atoms with Crippen molar-refractivity contribution in [3.8, 4) is 5.75 Å². The minimum Gasteiger partial charge on any atom is -0.484 e. The molecule has 7 heteroatoms. The molecule has 0 radical (unpaired) electrons. The summed E-state index contributed by atoms with van der Waals surface area (Å²) in [7, 11) is 0. The fourth-order valence-electron chi connectivity index (χ4n) is 2.53. The molecule has 0 aromatic heterocycles. The van der Waals surface area contributed by atoms with Crippen LogP contribution in [0.5, 0.6) is 5.75 Å². The SMILES string of the molecule is CCOC(=O)N/N=C(/C)c1ccc(OCC(=O)N2CCCCC2)cc1. The number of benzene rings is 1. The van der Waals surface area contributed by atoms with Gasteiger partial charge in [-0.05, 0) is 62.9 Å². The molecule has 1 heterocycles. The maximum atomic E-state index is 12.1. The number of hydrazone groups is 1. The Bertz CT molecular complexity index is 607. The van der Waals surface area contributed by atoms with Gasteiger partial charge in [0.1, 0.15) is 5.75 Å². The van der Waals surface area contributed by atoms with Crippen molar-refractivity contribution in [2.75, 3.05) is 26.3 Å². The van der Waals surface area contributed by atoms with Gasteiger partial charge in [-0.25, -0.2) is 10.2 Å². The van der Waals surface area contributed by atoms with Crippen molar-refractivity contribution in [2.45, 2.75) is 33.1 Å². The fourth-order valence-corrected chi connectivity index (χ4v) is 2.53. The van der Waals surface area contributed by atoms with Crippen molar-refractivity contribution in [1.82, 2.24) is 10.3 Å². The predicted molar refractivity (Wildman–Crippen MR) is 94.7 cm³/mol. The number of carbonyl (C=O) groups is 2. The van der Waals surface area contributed by atoms with Crippen molar-refractivity contribution >= 4 is 17.7 Å². The molecule has 2 amide bonds. The highest BCUT2D eigenvalue weighted by Gasteiger charge is 2.16. The van der Waals surface area contributed by atoms with Gasteiger partial charge in [0.15, 0.2) is 6.61 Å². The van der Waals surface area contributed by atoms with Crippen LogP contribution in [0.4, 0.5) is 4.79 Å². The molecule has 1 aromatic rings. The van der Waals surface area contributed by atoms with Crippen LogP contribution in [0.25, 0.3) is 0 Å². The van der Waals surface area contributed by atoms with Gasteiger partial charge >= 0.3 is 6.09 Å². The zero-order valence-corrected chi connectivity index (χ0v) is 14.8. The number of hydrogen-bond acceptors (Lipinski definition) is 5. The van der Waals surface area contributed by atoms with Crippen LogP contribution in [-0.2, 0) is 9.53 Å². The van der Waals surface area contributed by atoms with E-state index >= 15 is 0 Å². The second kappa shape index (κ2) is 9.66. The molecule has 7 nitrogen and oxygen atoms in total. The summed E-state index contributed by atoms with van der Waals surface area (Å²) in [5.74, 6) is 0.653. The first-order chi connectivity index (χ1) is 12.1. The van der Waals surface area contributed by atoms with E-state index in [1.807, 2.05) is 17.0 Å². The van der Waals surface area contributed by atoms with E-state index in [-0.39, 0.29) is 12.5 Å². The summed E-state index contributed by atoms with van der Waals surface area (Å²) in [6.07, 6.45) is 2.74. The van der Waals surface area contributed by atoms with Crippen molar-refractivity contribution in [3.63, 3.8) is 0 Å². The van der Waals surface area contributed by atoms with Crippen molar-refractivity contribution < 1.29 is 19.1 Å². The first-order valence-electron chi connectivity index (χ1n) is 8.58. The molecular weight excluding hydrogens is 322 g/mol. The van der Waals surface area contributed by atoms with E-state index in [0.29, 0.717) is 18.1 Å². The number of rotatable bonds is 6. The third kappa shape index (κ3) is 6.10. The summed E-state index contributed by atoms with van der Waals surface area (Å²) in [6, 6.07) is 7.21. The van der Waals surface area contributed by atoms with E-state index in [9.17, 15) is 9.59 Å². The summed E-state index contributed by atoms with van der Waals surface area (Å²) in [5.41, 5.74) is 3.80. The number of amides is 2. The van der Waals surface area contributed by atoms with Crippen LogP contribution in [-0.4, -0.2) is 48.9 Å². The number of carbonyl (C=O) groups excluding carboxylic acids is 2. The minimum absolute atomic E-state index is 0.0279. The Hall–Kier alpha value is -2.57. The molecule has 1 saturated heterocycles. The molecule has 1 fully saturated rings. The van der Waals surface area contributed by atoms with Gasteiger partial charge in [0.2, 0.25) is 0 Å². The van der Waals surface area contributed by atoms with Gasteiger partial charge in [0.05, 0.1) is 12.3 Å². The number of ether oxygens (including phenoxy) is 2. The molecule has 0 saturated carbocycles. The van der Waals surface area contributed by atoms with Crippen LogP contribution < -0.4 is 10.2 Å². The van der Waals surface area contributed by atoms with Crippen LogP contribution in [0.15, 0.2) is 29.4 Å². The standard InChI is InChI=1S/C18H25N3O4/c1-3-24-18(23)20-19-14(2)15-7-9-16(10-8-15)25-13-17(22)21-11-5-4-6-12-21/h7-10H,3-6,11-13H2,1-2H3,(H,20,23)/b19-14-. The molecule has 1 aliphatic heterocycles. The first kappa shape index (κ1) is 18.8. The molecule has 0 spiro atoms. The van der Waals surface area contributed by atoms with E-state index in [1.165, 1.54) is 6.42 Å². The molecule has 0 atom stereocenters. The lowest BCUT2D eigenvalue weighted by Gasteiger charge is -2.26. The van der Waals surface area contributed by atoms with Crippen LogP contribution >= 0.6 is 0 Å². The Morgan fingerprint density at radius 3 is 2.48 bits per heavy atom. The molecule has 25 heavy (non-hydrogen) atoms. The Morgan fingerprint density at radius 2 is 1.84 bits per heavy atom. The Labute approximate surface area is 148 Å². The maximum absolute atomic E-state index is 12.1. The predicted octanol–water partition coefficient (Wildman–Crippen LogP) is 2.55.